The summed E-state index contributed by atoms with van der Waals surface area (Å²) in [4.78, 5) is 24.2. The van der Waals surface area contributed by atoms with Crippen molar-refractivity contribution in [2.75, 3.05) is 6.54 Å². The molecule has 2 aromatic carbocycles. The van der Waals surface area contributed by atoms with Gasteiger partial charge in [0.05, 0.1) is 11.2 Å². The first-order valence-corrected chi connectivity index (χ1v) is 11.0. The van der Waals surface area contributed by atoms with Gasteiger partial charge in [-0.15, -0.1) is 0 Å². The molecule has 0 unspecified atom stereocenters. The maximum absolute atomic E-state index is 13.2. The molecule has 0 saturated heterocycles. The largest absolute Gasteiger partial charge is 0.468 e. The highest BCUT2D eigenvalue weighted by Gasteiger charge is 2.32. The van der Waals surface area contributed by atoms with Crippen molar-refractivity contribution in [1.29, 1.82) is 0 Å². The number of hydrogen-bond donors (Lipinski definition) is 2. The predicted octanol–water partition coefficient (Wildman–Crippen LogP) is 3.02. The third-order valence-corrected chi connectivity index (χ3v) is 6.87. The monoisotopic (exact) mass is 464 g/mol. The third kappa shape index (κ3) is 5.50. The highest BCUT2D eigenvalue weighted by Crippen LogP contribution is 2.29. The Morgan fingerprint density at radius 2 is 1.65 bits per heavy atom. The summed E-state index contributed by atoms with van der Waals surface area (Å²) in [6, 6.07) is 14.0. The summed E-state index contributed by atoms with van der Waals surface area (Å²) in [6.07, 6.45) is 1.29. The van der Waals surface area contributed by atoms with Crippen LogP contribution in [0.3, 0.4) is 0 Å². The highest BCUT2D eigenvalue weighted by atomic mass is 35.5. The molecule has 31 heavy (non-hydrogen) atoms. The Morgan fingerprint density at radius 3 is 2.29 bits per heavy atom. The number of sulfone groups is 1. The smallest absolute Gasteiger partial charge is 0.309 e. The summed E-state index contributed by atoms with van der Waals surface area (Å²) >= 11 is 6.01. The molecule has 7 nitrogen and oxygen atoms in total. The molecular formula is C21H18ClFN2O5S. The lowest BCUT2D eigenvalue weighted by atomic mass is 10.2. The zero-order chi connectivity index (χ0) is 22.4. The molecule has 2 amide bonds. The van der Waals surface area contributed by atoms with Gasteiger partial charge in [-0.05, 0) is 48.0 Å². The van der Waals surface area contributed by atoms with E-state index in [0.29, 0.717) is 10.6 Å². The van der Waals surface area contributed by atoms with Gasteiger partial charge < -0.3 is 15.1 Å². The topological polar surface area (TPSA) is 105 Å². The Morgan fingerprint density at radius 1 is 0.968 bits per heavy atom. The SMILES string of the molecule is O=C(NCc1ccccc1Cl)C(=O)NC[C@@H](c1ccco1)S(=O)(=O)c1ccc(F)cc1. The van der Waals surface area contributed by atoms with Gasteiger partial charge in [0, 0.05) is 18.1 Å². The average Bonchev–Trinajstić information content (AvgIpc) is 3.27. The van der Waals surface area contributed by atoms with Crippen LogP contribution in [0.2, 0.25) is 5.02 Å². The molecule has 0 aliphatic heterocycles. The van der Waals surface area contributed by atoms with Crippen LogP contribution in [0, 0.1) is 5.82 Å². The molecule has 10 heteroatoms. The molecule has 2 N–H and O–H groups in total. The number of benzene rings is 2. The molecule has 0 fully saturated rings. The van der Waals surface area contributed by atoms with E-state index in [1.807, 2.05) is 0 Å². The minimum atomic E-state index is -4.05. The zero-order valence-electron chi connectivity index (χ0n) is 16.0. The highest BCUT2D eigenvalue weighted by molar-refractivity contribution is 7.91. The molecule has 0 saturated carbocycles. The van der Waals surface area contributed by atoms with Crippen LogP contribution in [-0.4, -0.2) is 26.8 Å². The number of nitrogens with one attached hydrogen (secondary N) is 2. The Kier molecular flexibility index (Phi) is 7.09. The second-order valence-electron chi connectivity index (χ2n) is 6.49. The van der Waals surface area contributed by atoms with E-state index in [0.717, 1.165) is 24.3 Å². The molecular weight excluding hydrogens is 447 g/mol. The van der Waals surface area contributed by atoms with Crippen LogP contribution in [0.1, 0.15) is 16.6 Å². The molecule has 0 spiro atoms. The van der Waals surface area contributed by atoms with Crippen LogP contribution in [0.4, 0.5) is 4.39 Å². The lowest BCUT2D eigenvalue weighted by Crippen LogP contribution is -2.42. The number of halogens is 2. The molecule has 0 radical (unpaired) electrons. The van der Waals surface area contributed by atoms with E-state index in [2.05, 4.69) is 10.6 Å². The van der Waals surface area contributed by atoms with Gasteiger partial charge in [0.25, 0.3) is 0 Å². The van der Waals surface area contributed by atoms with E-state index in [1.54, 1.807) is 24.3 Å². The molecule has 1 heterocycles. The van der Waals surface area contributed by atoms with E-state index in [-0.39, 0.29) is 17.2 Å². The molecule has 0 aliphatic rings. The van der Waals surface area contributed by atoms with E-state index in [1.165, 1.54) is 18.4 Å². The third-order valence-electron chi connectivity index (χ3n) is 4.43. The van der Waals surface area contributed by atoms with Crippen LogP contribution in [0.15, 0.2) is 76.2 Å². The number of hydrogen-bond acceptors (Lipinski definition) is 5. The first-order valence-electron chi connectivity index (χ1n) is 9.11. The summed E-state index contributed by atoms with van der Waals surface area (Å²) in [6.45, 7) is -0.396. The van der Waals surface area contributed by atoms with Gasteiger partial charge in [0.1, 0.15) is 16.8 Å². The summed E-state index contributed by atoms with van der Waals surface area (Å²) in [5, 5.41) is 3.86. The number of furan rings is 1. The minimum absolute atomic E-state index is 0.0292. The van der Waals surface area contributed by atoms with E-state index in [4.69, 9.17) is 16.0 Å². The predicted molar refractivity (Wildman–Crippen MR) is 111 cm³/mol. The fourth-order valence-electron chi connectivity index (χ4n) is 2.79. The van der Waals surface area contributed by atoms with Gasteiger partial charge >= 0.3 is 11.8 Å². The van der Waals surface area contributed by atoms with Gasteiger partial charge in [0.2, 0.25) is 0 Å². The summed E-state index contributed by atoms with van der Waals surface area (Å²) < 4.78 is 44.5. The van der Waals surface area contributed by atoms with Crippen LogP contribution in [0.5, 0.6) is 0 Å². The number of carbonyl (C=O) groups excluding carboxylic acids is 2. The zero-order valence-corrected chi connectivity index (χ0v) is 17.6. The Bertz CT molecular complexity index is 1160. The van der Waals surface area contributed by atoms with Gasteiger partial charge in [-0.1, -0.05) is 29.8 Å². The van der Waals surface area contributed by atoms with Crippen LogP contribution in [-0.2, 0) is 26.0 Å². The number of carbonyl (C=O) groups is 2. The van der Waals surface area contributed by atoms with Gasteiger partial charge in [-0.3, -0.25) is 9.59 Å². The second kappa shape index (κ2) is 9.76. The van der Waals surface area contributed by atoms with Crippen molar-refractivity contribution in [3.8, 4) is 0 Å². The first-order chi connectivity index (χ1) is 14.8. The Labute approximate surface area is 183 Å². The molecule has 0 bridgehead atoms. The average molecular weight is 465 g/mol. The fourth-order valence-corrected chi connectivity index (χ4v) is 4.58. The lowest BCUT2D eigenvalue weighted by molar-refractivity contribution is -0.139. The molecule has 1 aromatic heterocycles. The van der Waals surface area contributed by atoms with Crippen molar-refractivity contribution >= 4 is 33.3 Å². The standard InChI is InChI=1S/C21H18ClFN2O5S/c22-17-5-2-1-4-14(17)12-24-20(26)21(27)25-13-19(18-6-3-11-30-18)31(28,29)16-9-7-15(23)8-10-16/h1-11,19H,12-13H2,(H,24,26)(H,25,27)/t19-/m0/s1. The Balaban J connectivity index is 1.69. The number of amides is 2. The van der Waals surface area contributed by atoms with Crippen molar-refractivity contribution in [2.24, 2.45) is 0 Å². The molecule has 1 atom stereocenters. The van der Waals surface area contributed by atoms with E-state index < -0.39 is 39.3 Å². The van der Waals surface area contributed by atoms with E-state index >= 15 is 0 Å². The first kappa shape index (κ1) is 22.5. The Hall–Kier alpha value is -3.17. The van der Waals surface area contributed by atoms with Crippen molar-refractivity contribution in [3.05, 3.63) is 89.1 Å². The quantitative estimate of drug-likeness (QED) is 0.413. The van der Waals surface area contributed by atoms with Crippen molar-refractivity contribution in [2.45, 2.75) is 16.7 Å². The van der Waals surface area contributed by atoms with Crippen LogP contribution < -0.4 is 10.6 Å². The molecule has 0 aliphatic carbocycles. The second-order valence-corrected chi connectivity index (χ2v) is 9.02. The summed E-state index contributed by atoms with van der Waals surface area (Å²) in [7, 11) is -4.05. The van der Waals surface area contributed by atoms with Gasteiger partial charge in [-0.2, -0.15) is 0 Å². The van der Waals surface area contributed by atoms with Gasteiger partial charge in [-0.25, -0.2) is 12.8 Å². The van der Waals surface area contributed by atoms with E-state index in [9.17, 15) is 22.4 Å². The van der Waals surface area contributed by atoms with Crippen molar-refractivity contribution < 1.29 is 26.8 Å². The van der Waals surface area contributed by atoms with Gasteiger partial charge in [0.15, 0.2) is 9.84 Å². The van der Waals surface area contributed by atoms with Crippen LogP contribution in [0.25, 0.3) is 0 Å². The van der Waals surface area contributed by atoms with Crippen molar-refractivity contribution in [3.63, 3.8) is 0 Å². The summed E-state index contributed by atoms with van der Waals surface area (Å²) in [5.41, 5.74) is 0.623. The minimum Gasteiger partial charge on any atom is -0.468 e. The molecule has 3 rings (SSSR count). The fraction of sp³-hybridized carbons (Fsp3) is 0.143. The normalized spacial score (nSPS) is 12.2. The lowest BCUT2D eigenvalue weighted by Gasteiger charge is -2.16. The number of rotatable bonds is 7. The maximum Gasteiger partial charge on any atom is 0.309 e. The molecule has 3 aromatic rings. The summed E-state index contributed by atoms with van der Waals surface area (Å²) in [5.74, 6) is -2.48. The maximum atomic E-state index is 13.2. The van der Waals surface area contributed by atoms with Crippen LogP contribution >= 0.6 is 11.6 Å². The van der Waals surface area contributed by atoms with Crippen molar-refractivity contribution in [1.82, 2.24) is 10.6 Å². The molecule has 162 valence electrons.